The van der Waals surface area contributed by atoms with E-state index in [9.17, 15) is 9.90 Å². The first-order valence-electron chi connectivity index (χ1n) is 4.16. The molecular weight excluding hydrogens is 168 g/mol. The zero-order chi connectivity index (χ0) is 9.84. The number of hydrogen-bond donors (Lipinski definition) is 1. The Morgan fingerprint density at radius 1 is 1.85 bits per heavy atom. The van der Waals surface area contributed by atoms with Gasteiger partial charge in [0, 0.05) is 18.4 Å². The molecule has 0 bridgehead atoms. The predicted molar refractivity (Wildman–Crippen MR) is 47.7 cm³/mol. The summed E-state index contributed by atoms with van der Waals surface area (Å²) in [6.07, 6.45) is 6.45. The molecule has 2 atom stereocenters. The van der Waals surface area contributed by atoms with E-state index in [1.54, 1.807) is 13.0 Å². The molecule has 0 saturated heterocycles. The van der Waals surface area contributed by atoms with E-state index in [1.807, 2.05) is 0 Å². The van der Waals surface area contributed by atoms with Crippen LogP contribution in [0.1, 0.15) is 19.8 Å². The Balaban J connectivity index is 2.50. The van der Waals surface area contributed by atoms with Gasteiger partial charge in [-0.25, -0.2) is 4.79 Å². The van der Waals surface area contributed by atoms with E-state index in [1.165, 1.54) is 0 Å². The van der Waals surface area contributed by atoms with Crippen LogP contribution in [-0.4, -0.2) is 23.3 Å². The van der Waals surface area contributed by atoms with Crippen LogP contribution in [0, 0.1) is 12.3 Å². The van der Waals surface area contributed by atoms with Crippen LogP contribution in [0.2, 0.25) is 0 Å². The molecule has 0 aromatic rings. The summed E-state index contributed by atoms with van der Waals surface area (Å²) in [5.74, 6) is 1.99. The third kappa shape index (κ3) is 2.60. The Bertz CT molecular complexity index is 272. The van der Waals surface area contributed by atoms with Crippen molar-refractivity contribution in [1.29, 1.82) is 0 Å². The smallest absolute Gasteiger partial charge is 0.334 e. The predicted octanol–water partition coefficient (Wildman–Crippen LogP) is 0.632. The molecule has 0 aromatic carbocycles. The third-order valence-electron chi connectivity index (χ3n) is 1.80. The number of terminal acetylenes is 1. The molecule has 0 unspecified atom stereocenters. The monoisotopic (exact) mass is 180 g/mol. The van der Waals surface area contributed by atoms with E-state index in [2.05, 4.69) is 5.92 Å². The summed E-state index contributed by atoms with van der Waals surface area (Å²) in [6.45, 7) is 1.78. The molecule has 1 N–H and O–H groups in total. The van der Waals surface area contributed by atoms with Gasteiger partial charge < -0.3 is 9.84 Å². The van der Waals surface area contributed by atoms with E-state index >= 15 is 0 Å². The van der Waals surface area contributed by atoms with Crippen molar-refractivity contribution in [2.75, 3.05) is 0 Å². The first-order chi connectivity index (χ1) is 6.13. The van der Waals surface area contributed by atoms with Crippen molar-refractivity contribution >= 4 is 5.97 Å². The summed E-state index contributed by atoms with van der Waals surface area (Å²) in [5, 5.41) is 9.32. The molecule has 0 radical (unpaired) electrons. The van der Waals surface area contributed by atoms with Gasteiger partial charge in [0.25, 0.3) is 0 Å². The average Bonchev–Trinajstić information content (AvgIpc) is 2.30. The summed E-state index contributed by atoms with van der Waals surface area (Å²) in [5.41, 5.74) is 0.523. The molecule has 0 spiro atoms. The highest BCUT2D eigenvalue weighted by Gasteiger charge is 2.23. The van der Waals surface area contributed by atoms with Gasteiger partial charge in [-0.2, -0.15) is 0 Å². The number of aliphatic hydroxyl groups is 1. The standard InChI is InChI=1S/C10H12O3/c1-3-4-9(11)6-8-5-7(2)13-10(8)12/h1,5,7,9,11H,4,6H2,2H3/t7-,9+/m0/s1. The molecule has 0 amide bonds. The largest absolute Gasteiger partial charge is 0.455 e. The Hall–Kier alpha value is -1.27. The minimum atomic E-state index is -0.644. The van der Waals surface area contributed by atoms with Gasteiger partial charge in [0.15, 0.2) is 0 Å². The second-order valence-electron chi connectivity index (χ2n) is 3.07. The van der Waals surface area contributed by atoms with Crippen molar-refractivity contribution in [2.24, 2.45) is 0 Å². The minimum absolute atomic E-state index is 0.180. The van der Waals surface area contributed by atoms with Crippen molar-refractivity contribution in [3.63, 3.8) is 0 Å². The number of esters is 1. The topological polar surface area (TPSA) is 46.5 Å². The Labute approximate surface area is 77.4 Å². The quantitative estimate of drug-likeness (QED) is 0.512. The van der Waals surface area contributed by atoms with Gasteiger partial charge >= 0.3 is 5.97 Å². The highest BCUT2D eigenvalue weighted by Crippen LogP contribution is 2.18. The summed E-state index contributed by atoms with van der Waals surface area (Å²) < 4.78 is 4.86. The minimum Gasteiger partial charge on any atom is -0.455 e. The molecule has 70 valence electrons. The molecule has 13 heavy (non-hydrogen) atoms. The summed E-state index contributed by atoms with van der Waals surface area (Å²) in [6, 6.07) is 0. The lowest BCUT2D eigenvalue weighted by Gasteiger charge is -2.05. The molecule has 1 heterocycles. The van der Waals surface area contributed by atoms with Crippen LogP contribution in [0.3, 0.4) is 0 Å². The van der Waals surface area contributed by atoms with E-state index in [0.29, 0.717) is 5.57 Å². The molecule has 0 fully saturated rings. The SMILES string of the molecule is C#CC[C@@H](O)CC1=C[C@H](C)OC1=O. The zero-order valence-corrected chi connectivity index (χ0v) is 7.49. The number of ether oxygens (including phenoxy) is 1. The van der Waals surface area contributed by atoms with Gasteiger partial charge in [0.2, 0.25) is 0 Å². The molecular formula is C10H12O3. The molecule has 1 aliphatic rings. The van der Waals surface area contributed by atoms with Crippen molar-refractivity contribution < 1.29 is 14.6 Å². The van der Waals surface area contributed by atoms with Crippen LogP contribution in [0.15, 0.2) is 11.6 Å². The molecule has 0 aromatic heterocycles. The van der Waals surface area contributed by atoms with Gasteiger partial charge in [-0.15, -0.1) is 12.3 Å². The van der Waals surface area contributed by atoms with Crippen LogP contribution >= 0.6 is 0 Å². The van der Waals surface area contributed by atoms with E-state index in [-0.39, 0.29) is 24.9 Å². The third-order valence-corrected chi connectivity index (χ3v) is 1.80. The number of aliphatic hydroxyl groups excluding tert-OH is 1. The second-order valence-corrected chi connectivity index (χ2v) is 3.07. The van der Waals surface area contributed by atoms with Crippen LogP contribution in [-0.2, 0) is 9.53 Å². The first kappa shape index (κ1) is 9.82. The molecule has 1 rings (SSSR count). The normalized spacial score (nSPS) is 23.3. The van der Waals surface area contributed by atoms with Crippen LogP contribution in [0.5, 0.6) is 0 Å². The first-order valence-corrected chi connectivity index (χ1v) is 4.16. The maximum absolute atomic E-state index is 11.1. The number of rotatable bonds is 3. The van der Waals surface area contributed by atoms with Crippen LogP contribution in [0.4, 0.5) is 0 Å². The average molecular weight is 180 g/mol. The fourth-order valence-electron chi connectivity index (χ4n) is 1.24. The summed E-state index contributed by atoms with van der Waals surface area (Å²) >= 11 is 0. The van der Waals surface area contributed by atoms with Gasteiger partial charge in [-0.1, -0.05) is 0 Å². The fraction of sp³-hybridized carbons (Fsp3) is 0.500. The van der Waals surface area contributed by atoms with E-state index in [0.717, 1.165) is 0 Å². The molecule has 3 heteroatoms. The summed E-state index contributed by atoms with van der Waals surface area (Å²) in [4.78, 5) is 11.1. The zero-order valence-electron chi connectivity index (χ0n) is 7.49. The van der Waals surface area contributed by atoms with E-state index < -0.39 is 6.10 Å². The fourth-order valence-corrected chi connectivity index (χ4v) is 1.24. The lowest BCUT2D eigenvalue weighted by atomic mass is 10.1. The maximum Gasteiger partial charge on any atom is 0.334 e. The number of carbonyl (C=O) groups excluding carboxylic acids is 1. The van der Waals surface area contributed by atoms with Crippen molar-refractivity contribution in [3.8, 4) is 12.3 Å². The molecule has 3 nitrogen and oxygen atoms in total. The Morgan fingerprint density at radius 2 is 2.54 bits per heavy atom. The molecule has 0 aliphatic carbocycles. The molecule has 0 saturated carbocycles. The van der Waals surface area contributed by atoms with Gasteiger partial charge in [0.05, 0.1) is 6.10 Å². The Kier molecular flexibility index (Phi) is 3.10. The van der Waals surface area contributed by atoms with Gasteiger partial charge in [0.1, 0.15) is 6.10 Å². The maximum atomic E-state index is 11.1. The summed E-state index contributed by atoms with van der Waals surface area (Å²) in [7, 11) is 0. The second kappa shape index (κ2) is 4.11. The molecule has 1 aliphatic heterocycles. The lowest BCUT2D eigenvalue weighted by Crippen LogP contribution is -2.10. The Morgan fingerprint density at radius 3 is 3.00 bits per heavy atom. The lowest BCUT2D eigenvalue weighted by molar-refractivity contribution is -0.139. The highest BCUT2D eigenvalue weighted by molar-refractivity contribution is 5.90. The van der Waals surface area contributed by atoms with Crippen LogP contribution < -0.4 is 0 Å². The van der Waals surface area contributed by atoms with Crippen molar-refractivity contribution in [2.45, 2.75) is 32.0 Å². The van der Waals surface area contributed by atoms with Gasteiger partial charge in [-0.05, 0) is 13.0 Å². The number of cyclic esters (lactones) is 1. The van der Waals surface area contributed by atoms with Gasteiger partial charge in [-0.3, -0.25) is 0 Å². The number of carbonyl (C=O) groups is 1. The van der Waals surface area contributed by atoms with Crippen molar-refractivity contribution in [3.05, 3.63) is 11.6 Å². The highest BCUT2D eigenvalue weighted by atomic mass is 16.5. The van der Waals surface area contributed by atoms with Crippen molar-refractivity contribution in [1.82, 2.24) is 0 Å². The van der Waals surface area contributed by atoms with Crippen LogP contribution in [0.25, 0.3) is 0 Å². The number of hydrogen-bond acceptors (Lipinski definition) is 3. The van der Waals surface area contributed by atoms with E-state index in [4.69, 9.17) is 11.2 Å².